The molecule has 0 spiro atoms. The molecule has 1 saturated carbocycles. The van der Waals surface area contributed by atoms with E-state index >= 15 is 0 Å². The minimum Gasteiger partial charge on any atom is -0.317 e. The number of nitrogens with one attached hydrogen (secondary N) is 1. The summed E-state index contributed by atoms with van der Waals surface area (Å²) in [5.74, 6) is 1.02. The molecule has 0 heterocycles. The van der Waals surface area contributed by atoms with Crippen LogP contribution < -0.4 is 5.32 Å². The molecule has 1 aliphatic carbocycles. The summed E-state index contributed by atoms with van der Waals surface area (Å²) in [5.41, 5.74) is 0. The van der Waals surface area contributed by atoms with E-state index in [1.54, 1.807) is 0 Å². The Bertz CT molecular complexity index is 99.0. The van der Waals surface area contributed by atoms with Gasteiger partial charge in [0.15, 0.2) is 0 Å². The van der Waals surface area contributed by atoms with Gasteiger partial charge in [0.2, 0.25) is 0 Å². The van der Waals surface area contributed by atoms with Gasteiger partial charge in [-0.2, -0.15) is 0 Å². The van der Waals surface area contributed by atoms with Crippen LogP contribution in [0.15, 0.2) is 0 Å². The van der Waals surface area contributed by atoms with Crippen LogP contribution in [0.2, 0.25) is 0 Å². The molecule has 0 aliphatic heterocycles. The van der Waals surface area contributed by atoms with Gasteiger partial charge in [0, 0.05) is 6.04 Å². The first kappa shape index (κ1) is 9.05. The van der Waals surface area contributed by atoms with Gasteiger partial charge in [-0.25, -0.2) is 0 Å². The minimum atomic E-state index is 0.820. The van der Waals surface area contributed by atoms with Gasteiger partial charge < -0.3 is 5.32 Å². The summed E-state index contributed by atoms with van der Waals surface area (Å²) in [4.78, 5) is 0. The SMILES string of the molecule is CCC[C@H]1CCC[C@@H](NC)C1. The highest BCUT2D eigenvalue weighted by molar-refractivity contribution is 4.76. The highest BCUT2D eigenvalue weighted by Gasteiger charge is 2.19. The molecule has 1 rings (SSSR count). The van der Waals surface area contributed by atoms with E-state index in [0.717, 1.165) is 12.0 Å². The van der Waals surface area contributed by atoms with Gasteiger partial charge in [0.1, 0.15) is 0 Å². The van der Waals surface area contributed by atoms with E-state index < -0.39 is 0 Å². The zero-order valence-electron chi connectivity index (χ0n) is 7.90. The van der Waals surface area contributed by atoms with E-state index in [1.807, 2.05) is 0 Å². The summed E-state index contributed by atoms with van der Waals surface area (Å²) in [6, 6.07) is 0.820. The summed E-state index contributed by atoms with van der Waals surface area (Å²) in [6.45, 7) is 2.29. The van der Waals surface area contributed by atoms with E-state index in [1.165, 1.54) is 38.5 Å². The Morgan fingerprint density at radius 3 is 2.82 bits per heavy atom. The maximum Gasteiger partial charge on any atom is 0.00667 e. The van der Waals surface area contributed by atoms with Crippen molar-refractivity contribution < 1.29 is 0 Å². The summed E-state index contributed by atoms with van der Waals surface area (Å²) < 4.78 is 0. The number of hydrogen-bond donors (Lipinski definition) is 1. The lowest BCUT2D eigenvalue weighted by Gasteiger charge is -2.28. The lowest BCUT2D eigenvalue weighted by Crippen LogP contribution is -2.31. The molecule has 0 unspecified atom stereocenters. The average molecular weight is 155 g/mol. The molecule has 0 bridgehead atoms. The van der Waals surface area contributed by atoms with Crippen molar-refractivity contribution in [2.75, 3.05) is 7.05 Å². The monoisotopic (exact) mass is 155 g/mol. The zero-order valence-corrected chi connectivity index (χ0v) is 7.90. The van der Waals surface area contributed by atoms with Gasteiger partial charge in [-0.3, -0.25) is 0 Å². The topological polar surface area (TPSA) is 12.0 Å². The van der Waals surface area contributed by atoms with Crippen molar-refractivity contribution in [3.05, 3.63) is 0 Å². The molecule has 1 nitrogen and oxygen atoms in total. The van der Waals surface area contributed by atoms with Crippen LogP contribution in [0.1, 0.15) is 45.4 Å². The van der Waals surface area contributed by atoms with Crippen molar-refractivity contribution >= 4 is 0 Å². The van der Waals surface area contributed by atoms with E-state index in [0.29, 0.717) is 0 Å². The van der Waals surface area contributed by atoms with E-state index in [-0.39, 0.29) is 0 Å². The Kier molecular flexibility index (Phi) is 3.92. The molecule has 0 aromatic rings. The molecule has 1 fully saturated rings. The van der Waals surface area contributed by atoms with Gasteiger partial charge in [0.25, 0.3) is 0 Å². The third-order valence-corrected chi connectivity index (χ3v) is 2.89. The fourth-order valence-corrected chi connectivity index (χ4v) is 2.22. The summed E-state index contributed by atoms with van der Waals surface area (Å²) >= 11 is 0. The van der Waals surface area contributed by atoms with Crippen LogP contribution in [-0.4, -0.2) is 13.1 Å². The standard InChI is InChI=1S/C10H21N/c1-3-5-9-6-4-7-10(8-9)11-2/h9-11H,3-8H2,1-2H3/t9-,10+/m0/s1. The molecule has 2 atom stereocenters. The maximum atomic E-state index is 3.39. The number of hydrogen-bond acceptors (Lipinski definition) is 1. The first-order valence-electron chi connectivity index (χ1n) is 5.04. The predicted octanol–water partition coefficient (Wildman–Crippen LogP) is 2.56. The second kappa shape index (κ2) is 4.76. The van der Waals surface area contributed by atoms with Crippen molar-refractivity contribution in [3.63, 3.8) is 0 Å². The molecule has 1 N–H and O–H groups in total. The van der Waals surface area contributed by atoms with Crippen molar-refractivity contribution in [2.24, 2.45) is 5.92 Å². The molecule has 0 aromatic carbocycles. The van der Waals surface area contributed by atoms with Gasteiger partial charge >= 0.3 is 0 Å². The van der Waals surface area contributed by atoms with Crippen molar-refractivity contribution in [3.8, 4) is 0 Å². The van der Waals surface area contributed by atoms with Crippen molar-refractivity contribution in [1.29, 1.82) is 0 Å². The molecule has 66 valence electrons. The van der Waals surface area contributed by atoms with E-state index in [2.05, 4.69) is 19.3 Å². The van der Waals surface area contributed by atoms with Crippen molar-refractivity contribution in [2.45, 2.75) is 51.5 Å². The van der Waals surface area contributed by atoms with Gasteiger partial charge in [-0.05, 0) is 25.8 Å². The Labute approximate surface area is 70.6 Å². The molecule has 0 aromatic heterocycles. The third-order valence-electron chi connectivity index (χ3n) is 2.89. The van der Waals surface area contributed by atoms with Gasteiger partial charge in [0.05, 0.1) is 0 Å². The number of rotatable bonds is 3. The molecule has 11 heavy (non-hydrogen) atoms. The maximum absolute atomic E-state index is 3.39. The smallest absolute Gasteiger partial charge is 0.00667 e. The van der Waals surface area contributed by atoms with Crippen LogP contribution >= 0.6 is 0 Å². The highest BCUT2D eigenvalue weighted by atomic mass is 14.9. The van der Waals surface area contributed by atoms with Crippen LogP contribution in [0, 0.1) is 5.92 Å². The molecule has 0 radical (unpaired) electrons. The van der Waals surface area contributed by atoms with Crippen LogP contribution in [0.3, 0.4) is 0 Å². The third kappa shape index (κ3) is 2.82. The quantitative estimate of drug-likeness (QED) is 0.660. The Balaban J connectivity index is 2.21. The molecule has 1 aliphatic rings. The molecule has 1 heteroatoms. The van der Waals surface area contributed by atoms with Crippen molar-refractivity contribution in [1.82, 2.24) is 5.32 Å². The molecule has 0 amide bonds. The molecular weight excluding hydrogens is 134 g/mol. The van der Waals surface area contributed by atoms with E-state index in [4.69, 9.17) is 0 Å². The summed E-state index contributed by atoms with van der Waals surface area (Å²) in [5, 5.41) is 3.39. The average Bonchev–Trinajstić information content (AvgIpc) is 2.06. The molecular formula is C10H21N. The highest BCUT2D eigenvalue weighted by Crippen LogP contribution is 2.27. The predicted molar refractivity (Wildman–Crippen MR) is 49.7 cm³/mol. The van der Waals surface area contributed by atoms with E-state index in [9.17, 15) is 0 Å². The van der Waals surface area contributed by atoms with Crippen LogP contribution in [0.4, 0.5) is 0 Å². The summed E-state index contributed by atoms with van der Waals surface area (Å²) in [6.07, 6.45) is 8.54. The first-order chi connectivity index (χ1) is 5.36. The first-order valence-corrected chi connectivity index (χ1v) is 5.04. The largest absolute Gasteiger partial charge is 0.317 e. The van der Waals surface area contributed by atoms with Crippen LogP contribution in [-0.2, 0) is 0 Å². The Morgan fingerprint density at radius 2 is 2.18 bits per heavy atom. The Morgan fingerprint density at radius 1 is 1.36 bits per heavy atom. The lowest BCUT2D eigenvalue weighted by molar-refractivity contribution is 0.281. The van der Waals surface area contributed by atoms with Gasteiger partial charge in [-0.1, -0.05) is 32.6 Å². The second-order valence-electron chi connectivity index (χ2n) is 3.81. The fourth-order valence-electron chi connectivity index (χ4n) is 2.22. The fraction of sp³-hybridized carbons (Fsp3) is 1.00. The summed E-state index contributed by atoms with van der Waals surface area (Å²) in [7, 11) is 2.10. The van der Waals surface area contributed by atoms with Crippen LogP contribution in [0.25, 0.3) is 0 Å². The van der Waals surface area contributed by atoms with Gasteiger partial charge in [-0.15, -0.1) is 0 Å². The normalized spacial score (nSPS) is 32.2. The molecule has 0 saturated heterocycles. The zero-order chi connectivity index (χ0) is 8.10. The Hall–Kier alpha value is -0.0400. The lowest BCUT2D eigenvalue weighted by atomic mass is 9.83. The minimum absolute atomic E-state index is 0.820. The second-order valence-corrected chi connectivity index (χ2v) is 3.81. The van der Waals surface area contributed by atoms with Crippen LogP contribution in [0.5, 0.6) is 0 Å².